The van der Waals surface area contributed by atoms with Crippen molar-refractivity contribution in [2.45, 2.75) is 52.1 Å². The lowest BCUT2D eigenvalue weighted by atomic mass is 9.94. The lowest BCUT2D eigenvalue weighted by Crippen LogP contribution is -2.18. The maximum absolute atomic E-state index is 9.51. The smallest absolute Gasteiger partial charge is 0.0591 e. The van der Waals surface area contributed by atoms with Gasteiger partial charge in [-0.25, -0.2) is 0 Å². The summed E-state index contributed by atoms with van der Waals surface area (Å²) in [6.07, 6.45) is 5.83. The van der Waals surface area contributed by atoms with E-state index in [-0.39, 0.29) is 0 Å². The summed E-state index contributed by atoms with van der Waals surface area (Å²) in [7, 11) is 0. The molecule has 2 nitrogen and oxygen atoms in total. The third-order valence-corrected chi connectivity index (χ3v) is 3.16. The maximum Gasteiger partial charge on any atom is 0.0591 e. The lowest BCUT2D eigenvalue weighted by Gasteiger charge is -2.18. The van der Waals surface area contributed by atoms with Gasteiger partial charge in [0, 0.05) is 0 Å². The van der Waals surface area contributed by atoms with Gasteiger partial charge in [-0.2, -0.15) is 0 Å². The molecule has 1 saturated carbocycles. The fourth-order valence-electron chi connectivity index (χ4n) is 1.92. The molecule has 1 fully saturated rings. The Bertz CT molecular complexity index is 195. The largest absolute Gasteiger partial charge is 0.390 e. The second kappa shape index (κ2) is 3.41. The van der Waals surface area contributed by atoms with E-state index in [1.165, 1.54) is 6.42 Å². The van der Waals surface area contributed by atoms with Crippen molar-refractivity contribution in [1.29, 1.82) is 5.41 Å². The van der Waals surface area contributed by atoms with Crippen molar-refractivity contribution in [2.75, 3.05) is 0 Å². The number of hydrogen-bond donors (Lipinski definition) is 2. The van der Waals surface area contributed by atoms with Crippen LogP contribution in [0, 0.1) is 16.7 Å². The van der Waals surface area contributed by atoms with Crippen LogP contribution in [0.4, 0.5) is 0 Å². The number of rotatable bonds is 5. The Labute approximate surface area is 80.9 Å². The van der Waals surface area contributed by atoms with E-state index in [2.05, 4.69) is 6.92 Å². The highest BCUT2D eigenvalue weighted by Gasteiger charge is 2.47. The van der Waals surface area contributed by atoms with E-state index in [1.54, 1.807) is 6.21 Å². The molecule has 0 aromatic carbocycles. The summed E-state index contributed by atoms with van der Waals surface area (Å²) >= 11 is 0. The molecule has 2 atom stereocenters. The Morgan fingerprint density at radius 3 is 2.62 bits per heavy atom. The first-order valence-corrected chi connectivity index (χ1v) is 5.10. The monoisotopic (exact) mass is 183 g/mol. The molecule has 0 amide bonds. The molecule has 0 saturated heterocycles. The van der Waals surface area contributed by atoms with Gasteiger partial charge < -0.3 is 10.5 Å². The first-order valence-electron chi connectivity index (χ1n) is 5.10. The van der Waals surface area contributed by atoms with E-state index in [9.17, 15) is 5.11 Å². The molecule has 0 aliphatic heterocycles. The van der Waals surface area contributed by atoms with Crippen molar-refractivity contribution in [2.24, 2.45) is 11.3 Å². The minimum atomic E-state index is -0.522. The number of hydrogen-bond acceptors (Lipinski definition) is 2. The fourth-order valence-corrected chi connectivity index (χ4v) is 1.92. The molecule has 13 heavy (non-hydrogen) atoms. The van der Waals surface area contributed by atoms with Gasteiger partial charge in [-0.1, -0.05) is 13.3 Å². The SMILES string of the molecule is CC(C)(O)CCCC1(C)CC1C=N. The summed E-state index contributed by atoms with van der Waals surface area (Å²) in [5.41, 5.74) is -0.140. The standard InChI is InChI=1S/C11H21NO/c1-10(2,13)5-4-6-11(3)7-9(11)8-12/h8-9,12-13H,4-7H2,1-3H3. The Kier molecular flexibility index (Phi) is 2.81. The van der Waals surface area contributed by atoms with E-state index in [4.69, 9.17) is 5.41 Å². The van der Waals surface area contributed by atoms with Crippen LogP contribution in [0.2, 0.25) is 0 Å². The highest BCUT2D eigenvalue weighted by Crippen LogP contribution is 2.54. The Morgan fingerprint density at radius 1 is 1.62 bits per heavy atom. The van der Waals surface area contributed by atoms with Crippen LogP contribution in [0.1, 0.15) is 46.5 Å². The molecule has 2 heteroatoms. The quantitative estimate of drug-likeness (QED) is 0.632. The van der Waals surface area contributed by atoms with E-state index < -0.39 is 5.60 Å². The van der Waals surface area contributed by atoms with E-state index in [0.29, 0.717) is 11.3 Å². The van der Waals surface area contributed by atoms with E-state index in [0.717, 1.165) is 19.3 Å². The third kappa shape index (κ3) is 3.11. The van der Waals surface area contributed by atoms with Gasteiger partial charge in [-0.15, -0.1) is 0 Å². The molecule has 0 bridgehead atoms. The third-order valence-electron chi connectivity index (χ3n) is 3.16. The Hall–Kier alpha value is -0.370. The summed E-state index contributed by atoms with van der Waals surface area (Å²) < 4.78 is 0. The van der Waals surface area contributed by atoms with Gasteiger partial charge in [-0.05, 0) is 50.7 Å². The van der Waals surface area contributed by atoms with Crippen molar-refractivity contribution in [3.63, 3.8) is 0 Å². The van der Waals surface area contributed by atoms with Gasteiger partial charge in [-0.3, -0.25) is 0 Å². The number of nitrogens with one attached hydrogen (secondary N) is 1. The van der Waals surface area contributed by atoms with Gasteiger partial charge >= 0.3 is 0 Å². The molecule has 0 heterocycles. The van der Waals surface area contributed by atoms with Gasteiger partial charge in [0.15, 0.2) is 0 Å². The van der Waals surface area contributed by atoms with Crippen LogP contribution < -0.4 is 0 Å². The van der Waals surface area contributed by atoms with Gasteiger partial charge in [0.25, 0.3) is 0 Å². The molecule has 0 spiro atoms. The molecule has 2 N–H and O–H groups in total. The summed E-state index contributed by atoms with van der Waals surface area (Å²) in [6.45, 7) is 5.96. The molecular formula is C11H21NO. The van der Waals surface area contributed by atoms with Crippen LogP contribution in [0.15, 0.2) is 0 Å². The van der Waals surface area contributed by atoms with Crippen molar-refractivity contribution in [3.8, 4) is 0 Å². The molecule has 0 aromatic rings. The Morgan fingerprint density at radius 2 is 2.23 bits per heavy atom. The zero-order chi connectivity index (χ0) is 10.1. The van der Waals surface area contributed by atoms with E-state index in [1.807, 2.05) is 13.8 Å². The summed E-state index contributed by atoms with van der Waals surface area (Å²) in [5.74, 6) is 0.509. The molecule has 0 aromatic heterocycles. The molecule has 1 aliphatic carbocycles. The first-order chi connectivity index (χ1) is 5.87. The summed E-state index contributed by atoms with van der Waals surface area (Å²) in [5, 5.41) is 16.7. The Balaban J connectivity index is 2.18. The van der Waals surface area contributed by atoms with Crippen LogP contribution >= 0.6 is 0 Å². The number of aliphatic hydroxyl groups is 1. The van der Waals surface area contributed by atoms with Crippen molar-refractivity contribution in [1.82, 2.24) is 0 Å². The second-order valence-corrected chi connectivity index (χ2v) is 5.30. The molecule has 2 unspecified atom stereocenters. The maximum atomic E-state index is 9.51. The van der Waals surface area contributed by atoms with Gasteiger partial charge in [0.05, 0.1) is 5.60 Å². The second-order valence-electron chi connectivity index (χ2n) is 5.30. The van der Waals surface area contributed by atoms with Crippen LogP contribution in [0.5, 0.6) is 0 Å². The van der Waals surface area contributed by atoms with Crippen LogP contribution in [-0.2, 0) is 0 Å². The highest BCUT2D eigenvalue weighted by molar-refractivity contribution is 5.62. The fraction of sp³-hybridized carbons (Fsp3) is 0.909. The predicted molar refractivity (Wildman–Crippen MR) is 55.1 cm³/mol. The zero-order valence-electron chi connectivity index (χ0n) is 8.93. The molecule has 1 aliphatic rings. The van der Waals surface area contributed by atoms with Crippen LogP contribution in [0.25, 0.3) is 0 Å². The zero-order valence-corrected chi connectivity index (χ0v) is 8.93. The molecule has 0 radical (unpaired) electrons. The topological polar surface area (TPSA) is 44.1 Å². The summed E-state index contributed by atoms with van der Waals surface area (Å²) in [6, 6.07) is 0. The van der Waals surface area contributed by atoms with E-state index >= 15 is 0 Å². The van der Waals surface area contributed by atoms with Crippen LogP contribution in [0.3, 0.4) is 0 Å². The molecular weight excluding hydrogens is 162 g/mol. The average Bonchev–Trinajstić information content (AvgIpc) is 2.59. The highest BCUT2D eigenvalue weighted by atomic mass is 16.3. The van der Waals surface area contributed by atoms with Crippen LogP contribution in [-0.4, -0.2) is 16.9 Å². The van der Waals surface area contributed by atoms with Gasteiger partial charge in [0.1, 0.15) is 0 Å². The van der Waals surface area contributed by atoms with Crippen molar-refractivity contribution in [3.05, 3.63) is 0 Å². The predicted octanol–water partition coefficient (Wildman–Crippen LogP) is 2.60. The first kappa shape index (κ1) is 10.7. The minimum Gasteiger partial charge on any atom is -0.390 e. The molecule has 76 valence electrons. The average molecular weight is 183 g/mol. The van der Waals surface area contributed by atoms with Crippen molar-refractivity contribution >= 4 is 6.21 Å². The lowest BCUT2D eigenvalue weighted by molar-refractivity contribution is 0.0665. The summed E-state index contributed by atoms with van der Waals surface area (Å²) in [4.78, 5) is 0. The van der Waals surface area contributed by atoms with Crippen molar-refractivity contribution < 1.29 is 5.11 Å². The minimum absolute atomic E-state index is 0.382. The van der Waals surface area contributed by atoms with Gasteiger partial charge in [0.2, 0.25) is 0 Å². The molecule has 1 rings (SSSR count). The normalized spacial score (nSPS) is 33.1.